The Morgan fingerprint density at radius 1 is 1.23 bits per heavy atom. The predicted octanol–water partition coefficient (Wildman–Crippen LogP) is 0.325. The Labute approximate surface area is 129 Å². The summed E-state index contributed by atoms with van der Waals surface area (Å²) in [4.78, 5) is 16.6. The van der Waals surface area contributed by atoms with Crippen LogP contribution in [0.5, 0.6) is 0 Å². The quantitative estimate of drug-likeness (QED) is 0.734. The molecule has 22 heavy (non-hydrogen) atoms. The molecule has 2 unspecified atom stereocenters. The second kappa shape index (κ2) is 5.70. The van der Waals surface area contributed by atoms with E-state index in [4.69, 9.17) is 0 Å². The molecular weight excluding hydrogens is 278 g/mol. The van der Waals surface area contributed by atoms with Gasteiger partial charge in [0.2, 0.25) is 5.91 Å². The van der Waals surface area contributed by atoms with Crippen molar-refractivity contribution in [2.75, 3.05) is 19.6 Å². The number of pyridine rings is 1. The highest BCUT2D eigenvalue weighted by Gasteiger charge is 2.42. The molecule has 0 saturated carbocycles. The minimum atomic E-state index is -0.0442. The van der Waals surface area contributed by atoms with Gasteiger partial charge in [-0.2, -0.15) is 0 Å². The topological polar surface area (TPSA) is 69.3 Å². The van der Waals surface area contributed by atoms with Gasteiger partial charge in [0, 0.05) is 36.1 Å². The number of fused-ring (bicyclic) bond motifs is 1. The SMILES string of the molecule is O=C1C=C(C2CCNCC2)N2NCC(c3ccccn3)C2N1. The third-order valence-electron chi connectivity index (χ3n) is 4.81. The maximum absolute atomic E-state index is 12.2. The van der Waals surface area contributed by atoms with E-state index in [9.17, 15) is 4.79 Å². The van der Waals surface area contributed by atoms with Gasteiger partial charge in [-0.05, 0) is 38.1 Å². The van der Waals surface area contributed by atoms with Crippen LogP contribution < -0.4 is 16.1 Å². The summed E-state index contributed by atoms with van der Waals surface area (Å²) in [6.07, 6.45) is 5.69. The summed E-state index contributed by atoms with van der Waals surface area (Å²) in [5, 5.41) is 8.63. The average molecular weight is 299 g/mol. The van der Waals surface area contributed by atoms with Gasteiger partial charge in [-0.15, -0.1) is 0 Å². The number of carbonyl (C=O) groups is 1. The third kappa shape index (κ3) is 2.38. The molecule has 1 aromatic rings. The summed E-state index contributed by atoms with van der Waals surface area (Å²) in [5.74, 6) is 0.639. The van der Waals surface area contributed by atoms with Gasteiger partial charge in [0.25, 0.3) is 0 Å². The molecule has 6 heteroatoms. The highest BCUT2D eigenvalue weighted by Crippen LogP contribution is 2.34. The highest BCUT2D eigenvalue weighted by atomic mass is 16.2. The van der Waals surface area contributed by atoms with Crippen LogP contribution >= 0.6 is 0 Å². The molecule has 2 fully saturated rings. The monoisotopic (exact) mass is 299 g/mol. The van der Waals surface area contributed by atoms with Crippen molar-refractivity contribution >= 4 is 5.91 Å². The number of amides is 1. The number of hydrogen-bond acceptors (Lipinski definition) is 5. The second-order valence-electron chi connectivity index (χ2n) is 6.14. The van der Waals surface area contributed by atoms with Crippen molar-refractivity contribution in [3.63, 3.8) is 0 Å². The molecule has 0 aromatic carbocycles. The van der Waals surface area contributed by atoms with Gasteiger partial charge in [0.1, 0.15) is 6.17 Å². The van der Waals surface area contributed by atoms with Crippen molar-refractivity contribution in [1.82, 2.24) is 26.1 Å². The number of nitrogens with one attached hydrogen (secondary N) is 3. The van der Waals surface area contributed by atoms with E-state index >= 15 is 0 Å². The van der Waals surface area contributed by atoms with Crippen molar-refractivity contribution in [3.05, 3.63) is 41.9 Å². The van der Waals surface area contributed by atoms with E-state index in [0.29, 0.717) is 5.92 Å². The first-order valence-corrected chi connectivity index (χ1v) is 7.99. The Balaban J connectivity index is 1.60. The van der Waals surface area contributed by atoms with Crippen molar-refractivity contribution < 1.29 is 4.79 Å². The number of rotatable bonds is 2. The number of carbonyl (C=O) groups excluding carboxylic acids is 1. The van der Waals surface area contributed by atoms with Gasteiger partial charge in [0.05, 0.1) is 5.92 Å². The summed E-state index contributed by atoms with van der Waals surface area (Å²) < 4.78 is 0. The van der Waals surface area contributed by atoms with Crippen LogP contribution in [0.2, 0.25) is 0 Å². The van der Waals surface area contributed by atoms with E-state index in [0.717, 1.165) is 43.9 Å². The predicted molar refractivity (Wildman–Crippen MR) is 82.4 cm³/mol. The van der Waals surface area contributed by atoms with E-state index in [-0.39, 0.29) is 18.0 Å². The molecule has 3 N–H and O–H groups in total. The first kappa shape index (κ1) is 13.7. The molecule has 0 spiro atoms. The fourth-order valence-electron chi connectivity index (χ4n) is 3.69. The minimum Gasteiger partial charge on any atom is -0.330 e. The van der Waals surface area contributed by atoms with Gasteiger partial charge in [-0.3, -0.25) is 14.8 Å². The summed E-state index contributed by atoms with van der Waals surface area (Å²) in [6.45, 7) is 2.84. The zero-order valence-electron chi connectivity index (χ0n) is 12.5. The normalized spacial score (nSPS) is 29.0. The molecule has 2 saturated heterocycles. The van der Waals surface area contributed by atoms with E-state index < -0.39 is 0 Å². The van der Waals surface area contributed by atoms with Gasteiger partial charge < -0.3 is 10.6 Å². The van der Waals surface area contributed by atoms with Crippen LogP contribution in [0.3, 0.4) is 0 Å². The standard InChI is InChI=1S/C16H21N5O/c22-15-9-14(11-4-7-17-8-5-11)21-16(20-15)12(10-19-21)13-3-1-2-6-18-13/h1-3,6,9,11-12,16-17,19H,4-5,7-8,10H2,(H,20,22). The Bertz CT molecular complexity index is 581. The molecule has 3 aliphatic heterocycles. The summed E-state index contributed by atoms with van der Waals surface area (Å²) in [6, 6.07) is 5.95. The largest absolute Gasteiger partial charge is 0.330 e. The number of aromatic nitrogens is 1. The fraction of sp³-hybridized carbons (Fsp3) is 0.500. The van der Waals surface area contributed by atoms with E-state index in [1.165, 1.54) is 0 Å². The zero-order valence-corrected chi connectivity index (χ0v) is 12.5. The Morgan fingerprint density at radius 3 is 2.86 bits per heavy atom. The molecule has 1 aromatic heterocycles. The minimum absolute atomic E-state index is 0.0133. The lowest BCUT2D eigenvalue weighted by Crippen LogP contribution is -2.53. The van der Waals surface area contributed by atoms with Gasteiger partial charge in [-0.1, -0.05) is 6.07 Å². The first-order chi connectivity index (χ1) is 10.8. The van der Waals surface area contributed by atoms with Crippen molar-refractivity contribution in [1.29, 1.82) is 0 Å². The molecule has 4 heterocycles. The van der Waals surface area contributed by atoms with Crippen LogP contribution in [0, 0.1) is 5.92 Å². The molecule has 3 aliphatic rings. The summed E-state index contributed by atoms with van der Waals surface area (Å²) in [5.41, 5.74) is 5.62. The molecule has 0 aliphatic carbocycles. The number of allylic oxidation sites excluding steroid dienone is 1. The molecule has 0 bridgehead atoms. The van der Waals surface area contributed by atoms with Crippen molar-refractivity contribution in [2.24, 2.45) is 5.92 Å². The molecule has 4 rings (SSSR count). The lowest BCUT2D eigenvalue weighted by molar-refractivity contribution is -0.119. The number of piperidine rings is 1. The van der Waals surface area contributed by atoms with Crippen LogP contribution in [0.4, 0.5) is 0 Å². The fourth-order valence-corrected chi connectivity index (χ4v) is 3.69. The molecule has 116 valence electrons. The van der Waals surface area contributed by atoms with E-state index in [2.05, 4.69) is 26.1 Å². The summed E-state index contributed by atoms with van der Waals surface area (Å²) in [7, 11) is 0. The molecule has 0 radical (unpaired) electrons. The number of hydrazine groups is 1. The molecule has 2 atom stereocenters. The Hall–Kier alpha value is -1.92. The van der Waals surface area contributed by atoms with Crippen LogP contribution in [0.25, 0.3) is 0 Å². The smallest absolute Gasteiger partial charge is 0.247 e. The molecule has 6 nitrogen and oxygen atoms in total. The van der Waals surface area contributed by atoms with Crippen LogP contribution in [0.1, 0.15) is 24.5 Å². The van der Waals surface area contributed by atoms with Gasteiger partial charge in [-0.25, -0.2) is 5.43 Å². The van der Waals surface area contributed by atoms with Gasteiger partial charge >= 0.3 is 0 Å². The lowest BCUT2D eigenvalue weighted by atomic mass is 9.91. The van der Waals surface area contributed by atoms with Crippen molar-refractivity contribution in [2.45, 2.75) is 24.9 Å². The molecule has 1 amide bonds. The Kier molecular flexibility index (Phi) is 3.56. The number of nitrogens with zero attached hydrogens (tertiary/aromatic N) is 2. The second-order valence-corrected chi connectivity index (χ2v) is 6.14. The zero-order chi connectivity index (χ0) is 14.9. The average Bonchev–Trinajstić information content (AvgIpc) is 2.99. The van der Waals surface area contributed by atoms with Crippen LogP contribution in [-0.4, -0.2) is 41.7 Å². The third-order valence-corrected chi connectivity index (χ3v) is 4.81. The van der Waals surface area contributed by atoms with Gasteiger partial charge in [0.15, 0.2) is 0 Å². The maximum Gasteiger partial charge on any atom is 0.247 e. The first-order valence-electron chi connectivity index (χ1n) is 7.99. The Morgan fingerprint density at radius 2 is 2.09 bits per heavy atom. The van der Waals surface area contributed by atoms with Crippen LogP contribution in [-0.2, 0) is 4.79 Å². The molecular formula is C16H21N5O. The maximum atomic E-state index is 12.2. The van der Waals surface area contributed by atoms with E-state index in [1.54, 1.807) is 6.08 Å². The lowest BCUT2D eigenvalue weighted by Gasteiger charge is -2.38. The van der Waals surface area contributed by atoms with E-state index in [1.807, 2.05) is 24.4 Å². The number of hydrogen-bond donors (Lipinski definition) is 3. The summed E-state index contributed by atoms with van der Waals surface area (Å²) >= 11 is 0. The van der Waals surface area contributed by atoms with Crippen LogP contribution in [0.15, 0.2) is 36.2 Å². The van der Waals surface area contributed by atoms with Crippen molar-refractivity contribution in [3.8, 4) is 0 Å². The highest BCUT2D eigenvalue weighted by molar-refractivity contribution is 5.89.